The fraction of sp³-hybridized carbons (Fsp3) is 0.231. The molecule has 1 aromatic carbocycles. The highest BCUT2D eigenvalue weighted by atomic mass is 79.9. The number of aromatic nitrogens is 2. The summed E-state index contributed by atoms with van der Waals surface area (Å²) in [5, 5.41) is 16.4. The Morgan fingerprint density at radius 3 is 2.74 bits per heavy atom. The largest absolute Gasteiger partial charge is 0.409 e. The fourth-order valence-corrected chi connectivity index (χ4v) is 2.09. The minimum atomic E-state index is 0.0593. The van der Waals surface area contributed by atoms with Crippen molar-refractivity contribution < 1.29 is 5.21 Å². The van der Waals surface area contributed by atoms with Crippen molar-refractivity contribution >= 4 is 21.8 Å². The van der Waals surface area contributed by atoms with E-state index in [1.807, 2.05) is 24.4 Å². The van der Waals surface area contributed by atoms with Gasteiger partial charge in [0, 0.05) is 16.2 Å². The van der Waals surface area contributed by atoms with Crippen LogP contribution in [0.15, 0.2) is 40.1 Å². The van der Waals surface area contributed by atoms with E-state index >= 15 is 0 Å². The minimum absolute atomic E-state index is 0.0593. The summed E-state index contributed by atoms with van der Waals surface area (Å²) < 4.78 is 2.63. The van der Waals surface area contributed by atoms with Gasteiger partial charge in [-0.25, -0.2) is 4.68 Å². The predicted molar refractivity (Wildman–Crippen MR) is 77.9 cm³/mol. The van der Waals surface area contributed by atoms with Crippen molar-refractivity contribution in [3.05, 3.63) is 46.2 Å². The first-order valence-corrected chi connectivity index (χ1v) is 6.65. The van der Waals surface area contributed by atoms with Crippen LogP contribution >= 0.6 is 15.9 Å². The van der Waals surface area contributed by atoms with Crippen molar-refractivity contribution in [3.63, 3.8) is 0 Å². The second-order valence-corrected chi connectivity index (χ2v) is 5.40. The van der Waals surface area contributed by atoms with Gasteiger partial charge in [0.1, 0.15) is 0 Å². The monoisotopic (exact) mass is 322 g/mol. The smallest absolute Gasteiger partial charge is 0.172 e. The molecule has 1 aromatic heterocycles. The maximum absolute atomic E-state index is 8.84. The second kappa shape index (κ2) is 5.44. The summed E-state index contributed by atoms with van der Waals surface area (Å²) in [6, 6.07) is 7.46. The Morgan fingerprint density at radius 2 is 2.16 bits per heavy atom. The molecule has 0 radical (unpaired) electrons. The summed E-state index contributed by atoms with van der Waals surface area (Å²) in [6.07, 6.45) is 1.87. The number of hydrogen-bond donors (Lipinski definition) is 2. The lowest BCUT2D eigenvalue weighted by Gasteiger charge is -2.09. The number of hydrogen-bond acceptors (Lipinski definition) is 3. The van der Waals surface area contributed by atoms with Gasteiger partial charge in [0.15, 0.2) is 5.84 Å². The van der Waals surface area contributed by atoms with Crippen LogP contribution < -0.4 is 5.73 Å². The normalized spacial score (nSPS) is 12.1. The average Bonchev–Trinajstić information content (AvgIpc) is 2.87. The highest BCUT2D eigenvalue weighted by Crippen LogP contribution is 2.21. The zero-order valence-electron chi connectivity index (χ0n) is 10.7. The van der Waals surface area contributed by atoms with Crippen LogP contribution in [-0.4, -0.2) is 20.8 Å². The molecular formula is C13H15BrN4O. The number of halogens is 1. The van der Waals surface area contributed by atoms with Gasteiger partial charge in [-0.2, -0.15) is 5.10 Å². The summed E-state index contributed by atoms with van der Waals surface area (Å²) >= 11 is 3.42. The van der Waals surface area contributed by atoms with Gasteiger partial charge in [-0.3, -0.25) is 0 Å². The molecule has 2 rings (SSSR count). The minimum Gasteiger partial charge on any atom is -0.409 e. The van der Waals surface area contributed by atoms with Gasteiger partial charge in [-0.05, 0) is 30.2 Å². The standard InChI is InChI=1S/C13H15BrN4O/c1-8(2)11-5-6-18(16-11)12-7-9(14)3-4-10(12)13(15)17-19/h3-8,19H,1-2H3,(H2,15,17). The first kappa shape index (κ1) is 13.6. The SMILES string of the molecule is CC(C)c1ccn(-c2cc(Br)ccc2/C(N)=N/O)n1. The van der Waals surface area contributed by atoms with Crippen LogP contribution in [0, 0.1) is 0 Å². The highest BCUT2D eigenvalue weighted by Gasteiger charge is 2.12. The van der Waals surface area contributed by atoms with Gasteiger partial charge in [0.05, 0.1) is 11.4 Å². The van der Waals surface area contributed by atoms with E-state index in [9.17, 15) is 0 Å². The number of nitrogens with two attached hydrogens (primary N) is 1. The van der Waals surface area contributed by atoms with E-state index in [0.717, 1.165) is 15.9 Å². The van der Waals surface area contributed by atoms with E-state index in [4.69, 9.17) is 10.9 Å². The number of benzene rings is 1. The first-order chi connectivity index (χ1) is 9.02. The Hall–Kier alpha value is -1.82. The third-order valence-corrected chi connectivity index (χ3v) is 3.28. The second-order valence-electron chi connectivity index (χ2n) is 4.49. The Labute approximate surface area is 119 Å². The lowest BCUT2D eigenvalue weighted by molar-refractivity contribution is 0.318. The number of nitrogens with zero attached hydrogens (tertiary/aromatic N) is 3. The lowest BCUT2D eigenvalue weighted by atomic mass is 10.1. The molecule has 0 aliphatic heterocycles. The number of amidine groups is 1. The van der Waals surface area contributed by atoms with Crippen LogP contribution in [0.3, 0.4) is 0 Å². The Morgan fingerprint density at radius 1 is 1.42 bits per heavy atom. The molecule has 0 fully saturated rings. The third-order valence-electron chi connectivity index (χ3n) is 2.79. The van der Waals surface area contributed by atoms with Crippen molar-refractivity contribution in [1.29, 1.82) is 0 Å². The Kier molecular flexibility index (Phi) is 3.90. The molecule has 2 aromatic rings. The van der Waals surface area contributed by atoms with Crippen LogP contribution in [0.1, 0.15) is 31.0 Å². The summed E-state index contributed by atoms with van der Waals surface area (Å²) in [7, 11) is 0. The molecule has 19 heavy (non-hydrogen) atoms. The van der Waals surface area contributed by atoms with E-state index in [-0.39, 0.29) is 5.84 Å². The van der Waals surface area contributed by atoms with Crippen LogP contribution in [0.2, 0.25) is 0 Å². The van der Waals surface area contributed by atoms with Crippen molar-refractivity contribution in [2.75, 3.05) is 0 Å². The molecule has 6 heteroatoms. The zero-order valence-corrected chi connectivity index (χ0v) is 12.3. The van der Waals surface area contributed by atoms with E-state index in [0.29, 0.717) is 11.5 Å². The molecule has 0 amide bonds. The van der Waals surface area contributed by atoms with Gasteiger partial charge in [-0.15, -0.1) is 0 Å². The van der Waals surface area contributed by atoms with Crippen molar-refractivity contribution in [2.24, 2.45) is 10.9 Å². The molecule has 100 valence electrons. The molecule has 0 saturated heterocycles. The van der Waals surface area contributed by atoms with Crippen LogP contribution in [0.4, 0.5) is 0 Å². The highest BCUT2D eigenvalue weighted by molar-refractivity contribution is 9.10. The molecule has 0 bridgehead atoms. The molecule has 3 N–H and O–H groups in total. The molecule has 0 aliphatic carbocycles. The van der Waals surface area contributed by atoms with Gasteiger partial charge in [0.25, 0.3) is 0 Å². The summed E-state index contributed by atoms with van der Waals surface area (Å²) in [6.45, 7) is 4.16. The van der Waals surface area contributed by atoms with Crippen LogP contribution in [0.5, 0.6) is 0 Å². The van der Waals surface area contributed by atoms with Crippen molar-refractivity contribution in [1.82, 2.24) is 9.78 Å². The Balaban J connectivity index is 2.56. The summed E-state index contributed by atoms with van der Waals surface area (Å²) in [4.78, 5) is 0. The topological polar surface area (TPSA) is 76.4 Å². The maximum Gasteiger partial charge on any atom is 0.172 e. The molecule has 0 spiro atoms. The lowest BCUT2D eigenvalue weighted by Crippen LogP contribution is -2.16. The van der Waals surface area contributed by atoms with Crippen molar-refractivity contribution in [3.8, 4) is 5.69 Å². The molecule has 0 atom stereocenters. The zero-order chi connectivity index (χ0) is 14.0. The van der Waals surface area contributed by atoms with E-state index in [2.05, 4.69) is 40.0 Å². The van der Waals surface area contributed by atoms with Crippen LogP contribution in [-0.2, 0) is 0 Å². The number of rotatable bonds is 3. The molecule has 0 unspecified atom stereocenters. The van der Waals surface area contributed by atoms with Crippen molar-refractivity contribution in [2.45, 2.75) is 19.8 Å². The summed E-state index contributed by atoms with van der Waals surface area (Å²) in [5.74, 6) is 0.407. The summed E-state index contributed by atoms with van der Waals surface area (Å²) in [5.41, 5.74) is 8.07. The van der Waals surface area contributed by atoms with Gasteiger partial charge < -0.3 is 10.9 Å². The number of oxime groups is 1. The van der Waals surface area contributed by atoms with E-state index in [1.54, 1.807) is 10.7 Å². The van der Waals surface area contributed by atoms with Gasteiger partial charge in [-0.1, -0.05) is 34.9 Å². The molecule has 0 saturated carbocycles. The molecule has 5 nitrogen and oxygen atoms in total. The molecular weight excluding hydrogens is 308 g/mol. The first-order valence-electron chi connectivity index (χ1n) is 5.86. The quantitative estimate of drug-likeness (QED) is 0.395. The van der Waals surface area contributed by atoms with Gasteiger partial charge >= 0.3 is 0 Å². The predicted octanol–water partition coefficient (Wildman–Crippen LogP) is 2.85. The van der Waals surface area contributed by atoms with E-state index < -0.39 is 0 Å². The molecule has 0 aliphatic rings. The Bertz CT molecular complexity index is 619. The average molecular weight is 323 g/mol. The van der Waals surface area contributed by atoms with Crippen LogP contribution in [0.25, 0.3) is 5.69 Å². The molecule has 1 heterocycles. The third kappa shape index (κ3) is 2.78. The van der Waals surface area contributed by atoms with Gasteiger partial charge in [0.2, 0.25) is 0 Å². The fourth-order valence-electron chi connectivity index (χ4n) is 1.74. The van der Waals surface area contributed by atoms with E-state index in [1.165, 1.54) is 0 Å². The maximum atomic E-state index is 8.84.